The van der Waals surface area contributed by atoms with Gasteiger partial charge < -0.3 is 15.2 Å². The molecule has 4 heteroatoms. The van der Waals surface area contributed by atoms with Crippen LogP contribution in [0.2, 0.25) is 5.02 Å². The van der Waals surface area contributed by atoms with Crippen molar-refractivity contribution in [1.82, 2.24) is 5.32 Å². The number of halogens is 1. The lowest BCUT2D eigenvalue weighted by molar-refractivity contribution is 0.0292. The third-order valence-electron chi connectivity index (χ3n) is 3.78. The summed E-state index contributed by atoms with van der Waals surface area (Å²) < 4.78 is 5.82. The average molecular weight is 298 g/mol. The molecule has 1 saturated carbocycles. The Balaban J connectivity index is 1.57. The van der Waals surface area contributed by atoms with Crippen molar-refractivity contribution in [2.75, 3.05) is 19.7 Å². The van der Waals surface area contributed by atoms with E-state index in [1.54, 1.807) is 12.1 Å². The first kappa shape index (κ1) is 15.8. The van der Waals surface area contributed by atoms with E-state index in [9.17, 15) is 5.11 Å². The first-order chi connectivity index (χ1) is 9.75. The fourth-order valence-electron chi connectivity index (χ4n) is 2.57. The summed E-state index contributed by atoms with van der Waals surface area (Å²) in [6.45, 7) is 2.04. The molecule has 3 nitrogen and oxygen atoms in total. The fraction of sp³-hybridized carbons (Fsp3) is 0.625. The zero-order valence-electron chi connectivity index (χ0n) is 11.9. The topological polar surface area (TPSA) is 41.5 Å². The minimum atomic E-state index is -0.498. The van der Waals surface area contributed by atoms with Gasteiger partial charge in [-0.1, -0.05) is 43.0 Å². The van der Waals surface area contributed by atoms with Gasteiger partial charge in [0.15, 0.2) is 0 Å². The molecule has 0 heterocycles. The normalized spacial score (nSPS) is 18.1. The molecule has 1 unspecified atom stereocenters. The molecule has 112 valence electrons. The molecule has 0 aromatic heterocycles. The largest absolute Gasteiger partial charge is 0.387 e. The Morgan fingerprint density at radius 2 is 1.90 bits per heavy atom. The van der Waals surface area contributed by atoms with E-state index < -0.39 is 6.10 Å². The van der Waals surface area contributed by atoms with Crippen molar-refractivity contribution < 1.29 is 9.84 Å². The van der Waals surface area contributed by atoms with Gasteiger partial charge in [-0.3, -0.25) is 0 Å². The number of nitrogens with one attached hydrogen (secondary N) is 1. The molecule has 0 radical (unpaired) electrons. The third kappa shape index (κ3) is 5.41. The van der Waals surface area contributed by atoms with Crippen LogP contribution in [0.3, 0.4) is 0 Å². The number of aliphatic hydroxyl groups excluding tert-OH is 1. The Bertz CT molecular complexity index is 377. The van der Waals surface area contributed by atoms with Crippen molar-refractivity contribution in [2.24, 2.45) is 0 Å². The van der Waals surface area contributed by atoms with Crippen molar-refractivity contribution >= 4 is 11.6 Å². The zero-order chi connectivity index (χ0) is 14.2. The molecule has 2 rings (SSSR count). The van der Waals surface area contributed by atoms with Gasteiger partial charge in [0.05, 0.1) is 18.8 Å². The van der Waals surface area contributed by atoms with Crippen molar-refractivity contribution in [2.45, 2.75) is 44.3 Å². The van der Waals surface area contributed by atoms with Crippen molar-refractivity contribution in [1.29, 1.82) is 0 Å². The lowest BCUT2D eigenvalue weighted by Gasteiger charge is -2.22. The van der Waals surface area contributed by atoms with Crippen molar-refractivity contribution in [3.63, 3.8) is 0 Å². The molecule has 0 bridgehead atoms. The van der Waals surface area contributed by atoms with Gasteiger partial charge in [-0.15, -0.1) is 0 Å². The van der Waals surface area contributed by atoms with Crippen LogP contribution in [0.4, 0.5) is 0 Å². The van der Waals surface area contributed by atoms with Gasteiger partial charge in [-0.2, -0.15) is 0 Å². The predicted molar refractivity (Wildman–Crippen MR) is 82.1 cm³/mol. The van der Waals surface area contributed by atoms with Crippen LogP contribution in [-0.4, -0.2) is 30.9 Å². The SMILES string of the molecule is OC(CNCCOC1CCCCC1)c1ccc(Cl)cc1. The summed E-state index contributed by atoms with van der Waals surface area (Å²) in [5.41, 5.74) is 0.884. The highest BCUT2D eigenvalue weighted by Crippen LogP contribution is 2.20. The van der Waals surface area contributed by atoms with Gasteiger partial charge >= 0.3 is 0 Å². The smallest absolute Gasteiger partial charge is 0.0914 e. The van der Waals surface area contributed by atoms with Crippen LogP contribution in [0, 0.1) is 0 Å². The highest BCUT2D eigenvalue weighted by atomic mass is 35.5. The molecule has 2 N–H and O–H groups in total. The maximum atomic E-state index is 10.0. The first-order valence-electron chi connectivity index (χ1n) is 7.51. The maximum absolute atomic E-state index is 10.0. The quantitative estimate of drug-likeness (QED) is 0.759. The van der Waals surface area contributed by atoms with Crippen molar-refractivity contribution in [3.8, 4) is 0 Å². The maximum Gasteiger partial charge on any atom is 0.0914 e. The predicted octanol–water partition coefficient (Wildman–Crippen LogP) is 3.31. The second-order valence-electron chi connectivity index (χ2n) is 5.40. The van der Waals surface area contributed by atoms with E-state index >= 15 is 0 Å². The standard InChI is InChI=1S/C16H24ClNO2/c17-14-8-6-13(7-9-14)16(19)12-18-10-11-20-15-4-2-1-3-5-15/h6-9,15-16,18-19H,1-5,10-12H2. The average Bonchev–Trinajstić information content (AvgIpc) is 2.48. The molecular formula is C16H24ClNO2. The summed E-state index contributed by atoms with van der Waals surface area (Å²) in [7, 11) is 0. The second-order valence-corrected chi connectivity index (χ2v) is 5.84. The number of aliphatic hydroxyl groups is 1. The highest BCUT2D eigenvalue weighted by Gasteiger charge is 2.13. The van der Waals surface area contributed by atoms with E-state index in [1.165, 1.54) is 32.1 Å². The summed E-state index contributed by atoms with van der Waals surface area (Å²) in [5, 5.41) is 13.9. The van der Waals surface area contributed by atoms with Crippen LogP contribution in [0.1, 0.15) is 43.8 Å². The van der Waals surface area contributed by atoms with Crippen LogP contribution in [0.25, 0.3) is 0 Å². The van der Waals surface area contributed by atoms with Gasteiger partial charge in [0.25, 0.3) is 0 Å². The van der Waals surface area contributed by atoms with Crippen molar-refractivity contribution in [3.05, 3.63) is 34.9 Å². The Labute approximate surface area is 126 Å². The summed E-state index contributed by atoms with van der Waals surface area (Å²) in [5.74, 6) is 0. The molecule has 1 aliphatic carbocycles. The van der Waals surface area contributed by atoms with Crippen LogP contribution in [-0.2, 0) is 4.74 Å². The van der Waals surface area contributed by atoms with Gasteiger partial charge in [0.1, 0.15) is 0 Å². The van der Waals surface area contributed by atoms with E-state index in [0.29, 0.717) is 17.7 Å². The Morgan fingerprint density at radius 3 is 2.60 bits per heavy atom. The van der Waals surface area contributed by atoms with Gasteiger partial charge in [-0.05, 0) is 30.5 Å². The molecule has 20 heavy (non-hydrogen) atoms. The molecular weight excluding hydrogens is 274 g/mol. The summed E-state index contributed by atoms with van der Waals surface area (Å²) in [6, 6.07) is 7.30. The molecule has 1 aromatic carbocycles. The van der Waals surface area contributed by atoms with E-state index in [1.807, 2.05) is 12.1 Å². The first-order valence-corrected chi connectivity index (χ1v) is 7.89. The molecule has 0 aliphatic heterocycles. The summed E-state index contributed by atoms with van der Waals surface area (Å²) in [4.78, 5) is 0. The van der Waals surface area contributed by atoms with Gasteiger partial charge in [0.2, 0.25) is 0 Å². The molecule has 1 atom stereocenters. The van der Waals surface area contributed by atoms with Gasteiger partial charge in [-0.25, -0.2) is 0 Å². The van der Waals surface area contributed by atoms with Crippen LogP contribution < -0.4 is 5.32 Å². The number of rotatable bonds is 7. The third-order valence-corrected chi connectivity index (χ3v) is 4.03. The number of benzene rings is 1. The van der Waals surface area contributed by atoms with Gasteiger partial charge in [0, 0.05) is 18.1 Å². The lowest BCUT2D eigenvalue weighted by atomic mass is 9.98. The Kier molecular flexibility index (Phi) is 6.80. The lowest BCUT2D eigenvalue weighted by Crippen LogP contribution is -2.27. The molecule has 1 aromatic rings. The van der Waals surface area contributed by atoms with E-state index in [0.717, 1.165) is 18.7 Å². The number of ether oxygens (including phenoxy) is 1. The Hall–Kier alpha value is -0.610. The minimum Gasteiger partial charge on any atom is -0.387 e. The van der Waals surface area contributed by atoms with E-state index in [-0.39, 0.29) is 0 Å². The fourth-order valence-corrected chi connectivity index (χ4v) is 2.70. The molecule has 0 amide bonds. The molecule has 0 saturated heterocycles. The number of hydrogen-bond acceptors (Lipinski definition) is 3. The minimum absolute atomic E-state index is 0.451. The number of hydrogen-bond donors (Lipinski definition) is 2. The van der Waals surface area contributed by atoms with Crippen LogP contribution in [0.5, 0.6) is 0 Å². The van der Waals surface area contributed by atoms with E-state index in [2.05, 4.69) is 5.32 Å². The molecule has 1 aliphatic rings. The van der Waals surface area contributed by atoms with E-state index in [4.69, 9.17) is 16.3 Å². The monoisotopic (exact) mass is 297 g/mol. The second kappa shape index (κ2) is 8.63. The van der Waals surface area contributed by atoms with Crippen LogP contribution in [0.15, 0.2) is 24.3 Å². The van der Waals surface area contributed by atoms with Crippen LogP contribution >= 0.6 is 11.6 Å². The summed E-state index contributed by atoms with van der Waals surface area (Å²) >= 11 is 5.82. The highest BCUT2D eigenvalue weighted by molar-refractivity contribution is 6.30. The zero-order valence-corrected chi connectivity index (χ0v) is 12.6. The Morgan fingerprint density at radius 1 is 1.20 bits per heavy atom. The molecule has 1 fully saturated rings. The molecule has 0 spiro atoms. The summed E-state index contributed by atoms with van der Waals surface area (Å²) in [6.07, 6.45) is 6.31.